The fraction of sp³-hybridized carbons (Fsp3) is 0.450. The summed E-state index contributed by atoms with van der Waals surface area (Å²) in [6.45, 7) is 5.50. The van der Waals surface area contributed by atoms with Crippen molar-refractivity contribution in [2.45, 2.75) is 32.2 Å². The average Bonchev–Trinajstić information content (AvgIpc) is 3.09. The number of ether oxygens (including phenoxy) is 1. The van der Waals surface area contributed by atoms with Crippen molar-refractivity contribution in [3.8, 4) is 0 Å². The van der Waals surface area contributed by atoms with Gasteiger partial charge in [-0.2, -0.15) is 0 Å². The number of nitrogens with zero attached hydrogens (tertiary/aromatic N) is 4. The van der Waals surface area contributed by atoms with E-state index >= 15 is 0 Å². The molecule has 0 aromatic carbocycles. The van der Waals surface area contributed by atoms with Crippen LogP contribution in [-0.2, 0) is 22.6 Å². The van der Waals surface area contributed by atoms with Crippen molar-refractivity contribution in [2.24, 2.45) is 0 Å². The number of amides is 1. The first-order chi connectivity index (χ1) is 13.1. The Kier molecular flexibility index (Phi) is 5.05. The molecule has 0 saturated carbocycles. The maximum Gasteiger partial charge on any atom is 0.250 e. The lowest BCUT2D eigenvalue weighted by Gasteiger charge is -2.36. The van der Waals surface area contributed by atoms with Crippen LogP contribution < -0.4 is 5.56 Å². The van der Waals surface area contributed by atoms with Crippen LogP contribution >= 0.6 is 0 Å². The van der Waals surface area contributed by atoms with Crippen LogP contribution in [-0.4, -0.2) is 63.6 Å². The molecule has 2 fully saturated rings. The number of aryl methyl sites for hydroxylation is 1. The van der Waals surface area contributed by atoms with E-state index in [-0.39, 0.29) is 30.2 Å². The molecule has 27 heavy (non-hydrogen) atoms. The summed E-state index contributed by atoms with van der Waals surface area (Å²) in [7, 11) is 0. The zero-order chi connectivity index (χ0) is 18.8. The number of aromatic nitrogens is 2. The molecule has 7 nitrogen and oxygen atoms in total. The van der Waals surface area contributed by atoms with Gasteiger partial charge in [0.1, 0.15) is 6.54 Å². The van der Waals surface area contributed by atoms with E-state index in [0.29, 0.717) is 19.7 Å². The number of carbonyl (C=O) groups excluding carboxylic acids is 1. The summed E-state index contributed by atoms with van der Waals surface area (Å²) in [5.41, 5.74) is 1.89. The summed E-state index contributed by atoms with van der Waals surface area (Å²) in [5.74, 6) is -0.0464. The van der Waals surface area contributed by atoms with E-state index in [0.717, 1.165) is 24.5 Å². The Hall–Kier alpha value is -2.51. The van der Waals surface area contributed by atoms with Gasteiger partial charge >= 0.3 is 0 Å². The Bertz CT molecular complexity index is 881. The summed E-state index contributed by atoms with van der Waals surface area (Å²) < 4.78 is 7.37. The molecular weight excluding hydrogens is 344 g/mol. The summed E-state index contributed by atoms with van der Waals surface area (Å²) in [6, 6.07) is 11.1. The standard InChI is InChI=1S/C20H24N4O3/c1-15-5-4-6-16(21-15)11-22-9-10-27-18-13-24(12-17(18)22)20(26)14-23-8-3-2-7-19(23)25/h2-8,17-18H,9-14H2,1H3/t17-,18-/m0/s1. The van der Waals surface area contributed by atoms with Crippen LogP contribution in [0.5, 0.6) is 0 Å². The fourth-order valence-corrected chi connectivity index (χ4v) is 3.89. The molecule has 2 saturated heterocycles. The third-order valence-electron chi connectivity index (χ3n) is 5.28. The number of pyridine rings is 2. The third kappa shape index (κ3) is 3.94. The van der Waals surface area contributed by atoms with Crippen molar-refractivity contribution in [1.82, 2.24) is 19.4 Å². The largest absolute Gasteiger partial charge is 0.373 e. The van der Waals surface area contributed by atoms with Crippen LogP contribution in [0.15, 0.2) is 47.4 Å². The molecule has 7 heteroatoms. The molecule has 0 N–H and O–H groups in total. The Balaban J connectivity index is 1.43. The van der Waals surface area contributed by atoms with Gasteiger partial charge in [-0.25, -0.2) is 0 Å². The van der Waals surface area contributed by atoms with Gasteiger partial charge in [-0.15, -0.1) is 0 Å². The predicted molar refractivity (Wildman–Crippen MR) is 100 cm³/mol. The van der Waals surface area contributed by atoms with Crippen LogP contribution in [0.3, 0.4) is 0 Å². The number of rotatable bonds is 4. The van der Waals surface area contributed by atoms with Gasteiger partial charge < -0.3 is 14.2 Å². The van der Waals surface area contributed by atoms with Crippen LogP contribution in [0, 0.1) is 6.92 Å². The normalized spacial score (nSPS) is 22.6. The highest BCUT2D eigenvalue weighted by atomic mass is 16.5. The maximum absolute atomic E-state index is 12.7. The van der Waals surface area contributed by atoms with Crippen molar-refractivity contribution in [2.75, 3.05) is 26.2 Å². The second kappa shape index (κ2) is 7.62. The van der Waals surface area contributed by atoms with E-state index in [4.69, 9.17) is 4.74 Å². The topological polar surface area (TPSA) is 67.7 Å². The smallest absolute Gasteiger partial charge is 0.250 e. The van der Waals surface area contributed by atoms with Crippen LogP contribution in [0.2, 0.25) is 0 Å². The number of hydrogen-bond donors (Lipinski definition) is 0. The average molecular weight is 368 g/mol. The van der Waals surface area contributed by atoms with Crippen molar-refractivity contribution >= 4 is 5.91 Å². The Morgan fingerprint density at radius 1 is 1.22 bits per heavy atom. The molecule has 2 aliphatic rings. The zero-order valence-corrected chi connectivity index (χ0v) is 15.5. The molecule has 142 valence electrons. The van der Waals surface area contributed by atoms with Gasteiger partial charge in [-0.1, -0.05) is 12.1 Å². The molecule has 0 unspecified atom stereocenters. The third-order valence-corrected chi connectivity index (χ3v) is 5.28. The molecule has 4 rings (SSSR count). The highest BCUT2D eigenvalue weighted by Crippen LogP contribution is 2.24. The first kappa shape index (κ1) is 17.9. The molecule has 2 aromatic heterocycles. The van der Waals surface area contributed by atoms with E-state index in [2.05, 4.69) is 9.88 Å². The molecule has 0 aliphatic carbocycles. The van der Waals surface area contributed by atoms with Crippen LogP contribution in [0.4, 0.5) is 0 Å². The van der Waals surface area contributed by atoms with Gasteiger partial charge in [0.15, 0.2) is 0 Å². The van der Waals surface area contributed by atoms with Crippen molar-refractivity contribution < 1.29 is 9.53 Å². The number of likely N-dealkylation sites (tertiary alicyclic amines) is 1. The Labute approximate surface area is 158 Å². The van der Waals surface area contributed by atoms with E-state index in [1.807, 2.05) is 30.0 Å². The number of carbonyl (C=O) groups is 1. The highest BCUT2D eigenvalue weighted by molar-refractivity contribution is 5.76. The van der Waals surface area contributed by atoms with Gasteiger partial charge in [0.25, 0.3) is 5.56 Å². The molecule has 2 atom stereocenters. The second-order valence-electron chi connectivity index (χ2n) is 7.18. The first-order valence-corrected chi connectivity index (χ1v) is 9.31. The summed E-state index contributed by atoms with van der Waals surface area (Å²) in [4.78, 5) is 33.3. The molecule has 0 spiro atoms. The van der Waals surface area contributed by atoms with E-state index in [1.165, 1.54) is 10.6 Å². The van der Waals surface area contributed by atoms with E-state index < -0.39 is 0 Å². The minimum Gasteiger partial charge on any atom is -0.373 e. The van der Waals surface area contributed by atoms with Crippen molar-refractivity contribution in [3.63, 3.8) is 0 Å². The minimum absolute atomic E-state index is 0.0139. The van der Waals surface area contributed by atoms with Crippen molar-refractivity contribution in [3.05, 3.63) is 64.3 Å². The monoisotopic (exact) mass is 368 g/mol. The van der Waals surface area contributed by atoms with Gasteiger partial charge in [0, 0.05) is 44.1 Å². The number of morpholine rings is 1. The van der Waals surface area contributed by atoms with E-state index in [9.17, 15) is 9.59 Å². The summed E-state index contributed by atoms with van der Waals surface area (Å²) in [5, 5.41) is 0. The van der Waals surface area contributed by atoms with Gasteiger partial charge in [-0.3, -0.25) is 19.5 Å². The van der Waals surface area contributed by atoms with Crippen molar-refractivity contribution in [1.29, 1.82) is 0 Å². The molecule has 2 aromatic rings. The fourth-order valence-electron chi connectivity index (χ4n) is 3.89. The Morgan fingerprint density at radius 2 is 2.11 bits per heavy atom. The SMILES string of the molecule is Cc1cccc(CN2CCO[C@H]3CN(C(=O)Cn4ccccc4=O)C[C@@H]32)n1. The molecule has 0 bridgehead atoms. The van der Waals surface area contributed by atoms with Gasteiger partial charge in [0.05, 0.1) is 24.4 Å². The summed E-state index contributed by atoms with van der Waals surface area (Å²) >= 11 is 0. The first-order valence-electron chi connectivity index (χ1n) is 9.31. The van der Waals surface area contributed by atoms with Crippen LogP contribution in [0.1, 0.15) is 11.4 Å². The Morgan fingerprint density at radius 3 is 2.93 bits per heavy atom. The maximum atomic E-state index is 12.7. The molecular formula is C20H24N4O3. The van der Waals surface area contributed by atoms with E-state index in [1.54, 1.807) is 18.3 Å². The molecule has 4 heterocycles. The molecule has 0 radical (unpaired) electrons. The zero-order valence-electron chi connectivity index (χ0n) is 15.5. The molecule has 1 amide bonds. The second-order valence-corrected chi connectivity index (χ2v) is 7.18. The predicted octanol–water partition coefficient (Wildman–Crippen LogP) is 0.664. The van der Waals surface area contributed by atoms with Gasteiger partial charge in [-0.05, 0) is 25.1 Å². The minimum atomic E-state index is -0.161. The quantitative estimate of drug-likeness (QED) is 0.793. The lowest BCUT2D eigenvalue weighted by atomic mass is 10.1. The lowest BCUT2D eigenvalue weighted by molar-refractivity contribution is -0.131. The summed E-state index contributed by atoms with van der Waals surface area (Å²) in [6.07, 6.45) is 1.66. The molecule has 2 aliphatic heterocycles. The highest BCUT2D eigenvalue weighted by Gasteiger charge is 2.41. The lowest BCUT2D eigenvalue weighted by Crippen LogP contribution is -2.50. The number of hydrogen-bond acceptors (Lipinski definition) is 5. The van der Waals surface area contributed by atoms with Crippen LogP contribution in [0.25, 0.3) is 0 Å². The number of fused-ring (bicyclic) bond motifs is 1. The van der Waals surface area contributed by atoms with Gasteiger partial charge in [0.2, 0.25) is 5.91 Å².